The summed E-state index contributed by atoms with van der Waals surface area (Å²) in [6, 6.07) is 4.82. The maximum absolute atomic E-state index is 12.4. The Morgan fingerprint density at radius 2 is 1.67 bits per heavy atom. The van der Waals surface area contributed by atoms with Crippen LogP contribution in [0.4, 0.5) is 13.2 Å². The van der Waals surface area contributed by atoms with Gasteiger partial charge in [0.25, 0.3) is 0 Å². The second-order valence-electron chi connectivity index (χ2n) is 5.02. The quantitative estimate of drug-likeness (QED) is 0.856. The first kappa shape index (κ1) is 13.4. The van der Waals surface area contributed by atoms with Gasteiger partial charge in [0.15, 0.2) is 0 Å². The third-order valence-electron chi connectivity index (χ3n) is 3.65. The molecule has 0 aliphatic heterocycles. The van der Waals surface area contributed by atoms with Crippen molar-refractivity contribution in [2.45, 2.75) is 44.4 Å². The van der Waals surface area contributed by atoms with E-state index in [-0.39, 0.29) is 0 Å². The Labute approximate surface area is 105 Å². The van der Waals surface area contributed by atoms with E-state index in [1.807, 2.05) is 0 Å². The molecule has 1 aromatic carbocycles. The van der Waals surface area contributed by atoms with Crippen LogP contribution >= 0.6 is 0 Å². The van der Waals surface area contributed by atoms with Crippen LogP contribution in [0, 0.1) is 5.92 Å². The van der Waals surface area contributed by atoms with Crippen molar-refractivity contribution in [1.82, 2.24) is 0 Å². The molecule has 0 amide bonds. The van der Waals surface area contributed by atoms with Crippen molar-refractivity contribution >= 4 is 0 Å². The van der Waals surface area contributed by atoms with E-state index in [4.69, 9.17) is 0 Å². The number of benzene rings is 1. The van der Waals surface area contributed by atoms with E-state index < -0.39 is 17.8 Å². The number of alkyl halides is 3. The molecule has 18 heavy (non-hydrogen) atoms. The largest absolute Gasteiger partial charge is 0.416 e. The van der Waals surface area contributed by atoms with E-state index in [2.05, 4.69) is 0 Å². The Hall–Kier alpha value is -1.03. The molecule has 1 aliphatic rings. The van der Waals surface area contributed by atoms with Gasteiger partial charge in [-0.25, -0.2) is 0 Å². The molecule has 0 heterocycles. The van der Waals surface area contributed by atoms with Crippen molar-refractivity contribution in [1.29, 1.82) is 0 Å². The van der Waals surface area contributed by atoms with Crippen LogP contribution in [0.25, 0.3) is 0 Å². The van der Waals surface area contributed by atoms with E-state index in [1.165, 1.54) is 25.0 Å². The van der Waals surface area contributed by atoms with Crippen LogP contribution in [-0.2, 0) is 6.18 Å². The predicted octanol–water partition coefficient (Wildman–Crippen LogP) is 4.32. The topological polar surface area (TPSA) is 20.2 Å². The van der Waals surface area contributed by atoms with E-state index in [1.54, 1.807) is 0 Å². The lowest BCUT2D eigenvalue weighted by Crippen LogP contribution is -2.07. The van der Waals surface area contributed by atoms with Crippen LogP contribution in [-0.4, -0.2) is 5.11 Å². The van der Waals surface area contributed by atoms with E-state index in [0.717, 1.165) is 25.0 Å². The fourth-order valence-corrected chi connectivity index (χ4v) is 2.59. The van der Waals surface area contributed by atoms with E-state index >= 15 is 0 Å². The average Bonchev–Trinajstić information content (AvgIpc) is 2.81. The van der Waals surface area contributed by atoms with Gasteiger partial charge in [-0.2, -0.15) is 13.2 Å². The van der Waals surface area contributed by atoms with Gasteiger partial charge in [0.05, 0.1) is 11.7 Å². The number of hydrogen-bond donors (Lipinski definition) is 1. The molecule has 1 nitrogen and oxygen atoms in total. The Kier molecular flexibility index (Phi) is 3.95. The third-order valence-corrected chi connectivity index (χ3v) is 3.65. The van der Waals surface area contributed by atoms with Crippen molar-refractivity contribution in [2.75, 3.05) is 0 Å². The summed E-state index contributed by atoms with van der Waals surface area (Å²) in [6.45, 7) is 0. The monoisotopic (exact) mass is 258 g/mol. The van der Waals surface area contributed by atoms with Gasteiger partial charge < -0.3 is 5.11 Å². The maximum Gasteiger partial charge on any atom is 0.416 e. The number of aliphatic hydroxyl groups is 1. The molecule has 1 aliphatic carbocycles. The lowest BCUT2D eigenvalue weighted by atomic mass is 9.95. The zero-order valence-corrected chi connectivity index (χ0v) is 10.1. The summed E-state index contributed by atoms with van der Waals surface area (Å²) < 4.78 is 37.2. The van der Waals surface area contributed by atoms with Crippen LogP contribution in [0.5, 0.6) is 0 Å². The Morgan fingerprint density at radius 3 is 2.17 bits per heavy atom. The smallest absolute Gasteiger partial charge is 0.388 e. The standard InChI is InChI=1S/C14H17F3O/c15-14(16,17)12-7-5-11(6-8-12)13(18)9-10-3-1-2-4-10/h5-8,10,13,18H,1-4,9H2. The molecule has 4 heteroatoms. The molecule has 0 spiro atoms. The van der Waals surface area contributed by atoms with Crippen molar-refractivity contribution in [3.05, 3.63) is 35.4 Å². The normalized spacial score (nSPS) is 19.1. The second kappa shape index (κ2) is 5.31. The van der Waals surface area contributed by atoms with Crippen LogP contribution in [0.3, 0.4) is 0 Å². The van der Waals surface area contributed by atoms with E-state index in [9.17, 15) is 18.3 Å². The third kappa shape index (κ3) is 3.25. The number of rotatable bonds is 3. The molecule has 0 bridgehead atoms. The summed E-state index contributed by atoms with van der Waals surface area (Å²) in [6.07, 6.45) is 0.347. The molecule has 1 aromatic rings. The number of halogens is 3. The minimum absolute atomic E-state index is 0.516. The molecular formula is C14H17F3O. The fourth-order valence-electron chi connectivity index (χ4n) is 2.59. The highest BCUT2D eigenvalue weighted by Crippen LogP contribution is 2.34. The minimum Gasteiger partial charge on any atom is -0.388 e. The average molecular weight is 258 g/mol. The Balaban J connectivity index is 2.00. The SMILES string of the molecule is OC(CC1CCCC1)c1ccc(C(F)(F)F)cc1. The van der Waals surface area contributed by atoms with Crippen molar-refractivity contribution < 1.29 is 18.3 Å². The van der Waals surface area contributed by atoms with Crippen LogP contribution in [0.2, 0.25) is 0 Å². The highest BCUT2D eigenvalue weighted by molar-refractivity contribution is 5.26. The lowest BCUT2D eigenvalue weighted by molar-refractivity contribution is -0.137. The number of aliphatic hydroxyl groups excluding tert-OH is 1. The van der Waals surface area contributed by atoms with Crippen molar-refractivity contribution in [2.24, 2.45) is 5.92 Å². The molecule has 1 fully saturated rings. The summed E-state index contributed by atoms with van der Waals surface area (Å²) in [5, 5.41) is 9.99. The Morgan fingerprint density at radius 1 is 1.11 bits per heavy atom. The lowest BCUT2D eigenvalue weighted by Gasteiger charge is -2.16. The molecule has 100 valence electrons. The van der Waals surface area contributed by atoms with E-state index in [0.29, 0.717) is 17.9 Å². The summed E-state index contributed by atoms with van der Waals surface area (Å²) in [4.78, 5) is 0. The summed E-state index contributed by atoms with van der Waals surface area (Å²) in [7, 11) is 0. The van der Waals surface area contributed by atoms with Gasteiger partial charge in [0, 0.05) is 0 Å². The van der Waals surface area contributed by atoms with Gasteiger partial charge in [0.2, 0.25) is 0 Å². The molecule has 1 N–H and O–H groups in total. The summed E-state index contributed by atoms with van der Waals surface area (Å²) in [5.41, 5.74) is -0.0887. The minimum atomic E-state index is -4.31. The van der Waals surface area contributed by atoms with Crippen LogP contribution < -0.4 is 0 Å². The first-order valence-corrected chi connectivity index (χ1v) is 6.32. The van der Waals surface area contributed by atoms with Gasteiger partial charge >= 0.3 is 6.18 Å². The molecule has 0 aromatic heterocycles. The highest BCUT2D eigenvalue weighted by Gasteiger charge is 2.30. The molecule has 0 saturated heterocycles. The fraction of sp³-hybridized carbons (Fsp3) is 0.571. The van der Waals surface area contributed by atoms with Crippen LogP contribution in [0.1, 0.15) is 49.3 Å². The van der Waals surface area contributed by atoms with Gasteiger partial charge in [-0.3, -0.25) is 0 Å². The molecule has 1 unspecified atom stereocenters. The Bertz CT molecular complexity index is 377. The highest BCUT2D eigenvalue weighted by atomic mass is 19.4. The molecular weight excluding hydrogens is 241 g/mol. The van der Waals surface area contributed by atoms with Gasteiger partial charge in [-0.05, 0) is 30.0 Å². The van der Waals surface area contributed by atoms with Crippen molar-refractivity contribution in [3.8, 4) is 0 Å². The maximum atomic E-state index is 12.4. The number of hydrogen-bond acceptors (Lipinski definition) is 1. The molecule has 1 atom stereocenters. The zero-order chi connectivity index (χ0) is 13.2. The first-order valence-electron chi connectivity index (χ1n) is 6.32. The first-order chi connectivity index (χ1) is 8.47. The molecule has 1 saturated carbocycles. The van der Waals surface area contributed by atoms with Crippen LogP contribution in [0.15, 0.2) is 24.3 Å². The molecule has 2 rings (SSSR count). The summed E-state index contributed by atoms with van der Waals surface area (Å²) in [5.74, 6) is 0.516. The van der Waals surface area contributed by atoms with Gasteiger partial charge in [-0.15, -0.1) is 0 Å². The van der Waals surface area contributed by atoms with Gasteiger partial charge in [0.1, 0.15) is 0 Å². The van der Waals surface area contributed by atoms with Gasteiger partial charge in [-0.1, -0.05) is 37.8 Å². The predicted molar refractivity (Wildman–Crippen MR) is 63.0 cm³/mol. The van der Waals surface area contributed by atoms with Crippen molar-refractivity contribution in [3.63, 3.8) is 0 Å². The second-order valence-corrected chi connectivity index (χ2v) is 5.02. The summed E-state index contributed by atoms with van der Waals surface area (Å²) >= 11 is 0. The molecule has 0 radical (unpaired) electrons. The zero-order valence-electron chi connectivity index (χ0n) is 10.1.